The smallest absolute Gasteiger partial charge is 0.274 e. The van der Waals surface area contributed by atoms with Crippen LogP contribution in [0.25, 0.3) is 11.0 Å². The second kappa shape index (κ2) is 6.98. The van der Waals surface area contributed by atoms with Crippen LogP contribution in [0, 0.1) is 5.92 Å². The summed E-state index contributed by atoms with van der Waals surface area (Å²) in [5, 5.41) is 5.79. The molecule has 0 bridgehead atoms. The number of pyridine rings is 1. The normalized spacial score (nSPS) is 18.5. The van der Waals surface area contributed by atoms with E-state index in [9.17, 15) is 13.2 Å². The van der Waals surface area contributed by atoms with Crippen molar-refractivity contribution in [3.05, 3.63) is 23.9 Å². The maximum Gasteiger partial charge on any atom is 0.274 e. The molecule has 9 nitrogen and oxygen atoms in total. The van der Waals surface area contributed by atoms with Crippen molar-refractivity contribution in [1.82, 2.24) is 19.6 Å². The molecule has 1 fully saturated rings. The molecule has 0 saturated carbocycles. The van der Waals surface area contributed by atoms with E-state index in [4.69, 9.17) is 9.88 Å². The number of ether oxygens (including phenoxy) is 1. The molecule has 136 valence electrons. The number of nitrogens with one attached hydrogen (secondary N) is 2. The van der Waals surface area contributed by atoms with E-state index in [1.165, 1.54) is 7.11 Å². The number of methoxy groups -OCH3 is 1. The Balaban J connectivity index is 1.71. The fraction of sp³-hybridized carbons (Fsp3) is 0.467. The maximum atomic E-state index is 12.7. The van der Waals surface area contributed by atoms with E-state index in [0.29, 0.717) is 30.3 Å². The number of aromatic amines is 1. The highest BCUT2D eigenvalue weighted by molar-refractivity contribution is 7.87. The highest BCUT2D eigenvalue weighted by Crippen LogP contribution is 2.21. The van der Waals surface area contributed by atoms with Crippen LogP contribution < -0.4 is 14.6 Å². The molecule has 1 aliphatic rings. The predicted molar refractivity (Wildman–Crippen MR) is 92.4 cm³/mol. The lowest BCUT2D eigenvalue weighted by Gasteiger charge is -2.32. The first-order chi connectivity index (χ1) is 11.9. The molecule has 1 saturated heterocycles. The van der Waals surface area contributed by atoms with Gasteiger partial charge in [-0.2, -0.15) is 13.4 Å². The number of hydrogen-bond acceptors (Lipinski definition) is 5. The van der Waals surface area contributed by atoms with Crippen molar-refractivity contribution >= 4 is 27.1 Å². The van der Waals surface area contributed by atoms with Crippen LogP contribution in [0.4, 0.5) is 0 Å². The molecule has 0 spiro atoms. The van der Waals surface area contributed by atoms with Gasteiger partial charge in [0.15, 0.2) is 0 Å². The third-order valence-corrected chi connectivity index (χ3v) is 4.84. The summed E-state index contributed by atoms with van der Waals surface area (Å²) in [6.45, 7) is 1.35. The number of aromatic nitrogens is 2. The molecule has 3 rings (SSSR count). The van der Waals surface area contributed by atoms with Crippen LogP contribution in [0.1, 0.15) is 23.3 Å². The summed E-state index contributed by atoms with van der Waals surface area (Å²) in [4.78, 5) is 21.8. The summed E-state index contributed by atoms with van der Waals surface area (Å²) in [5.74, 6) is 0.386. The van der Waals surface area contributed by atoms with E-state index >= 15 is 0 Å². The standard InChI is InChI=1S/C15H21N5O4S/c1-24-13-5-4-11-7-12(18-14(11)19-13)15(21)20-6-2-3-10(9-20)8-17-25(16,22)23/h4-5,7,10,17H,2-3,6,8-9H2,1H3,(H,18,19)(H2,16,22,23). The zero-order valence-corrected chi connectivity index (χ0v) is 14.7. The average molecular weight is 367 g/mol. The first-order valence-corrected chi connectivity index (χ1v) is 9.51. The fourth-order valence-corrected chi connectivity index (χ4v) is 3.51. The van der Waals surface area contributed by atoms with Crippen molar-refractivity contribution in [2.45, 2.75) is 12.8 Å². The van der Waals surface area contributed by atoms with E-state index in [-0.39, 0.29) is 18.4 Å². The van der Waals surface area contributed by atoms with Gasteiger partial charge in [-0.25, -0.2) is 9.86 Å². The van der Waals surface area contributed by atoms with Gasteiger partial charge in [-0.3, -0.25) is 4.79 Å². The molecule has 0 radical (unpaired) electrons. The minimum atomic E-state index is -3.72. The number of rotatable bonds is 5. The van der Waals surface area contributed by atoms with E-state index in [2.05, 4.69) is 14.7 Å². The number of carbonyl (C=O) groups excluding carboxylic acids is 1. The summed E-state index contributed by atoms with van der Waals surface area (Å²) in [5.41, 5.74) is 1.04. The van der Waals surface area contributed by atoms with Gasteiger partial charge in [0.05, 0.1) is 7.11 Å². The minimum Gasteiger partial charge on any atom is -0.481 e. The zero-order chi connectivity index (χ0) is 18.0. The molecule has 2 aromatic heterocycles. The Kier molecular flexibility index (Phi) is 4.93. The number of nitrogens with two attached hydrogens (primary N) is 1. The highest BCUT2D eigenvalue weighted by Gasteiger charge is 2.26. The Labute approximate surface area is 145 Å². The summed E-state index contributed by atoms with van der Waals surface area (Å²) < 4.78 is 29.4. The lowest BCUT2D eigenvalue weighted by molar-refractivity contribution is 0.0671. The van der Waals surface area contributed by atoms with Crippen molar-refractivity contribution in [3.8, 4) is 5.88 Å². The van der Waals surface area contributed by atoms with Crippen LogP contribution in [0.3, 0.4) is 0 Å². The van der Waals surface area contributed by atoms with Gasteiger partial charge < -0.3 is 14.6 Å². The zero-order valence-electron chi connectivity index (χ0n) is 13.9. The van der Waals surface area contributed by atoms with Crippen LogP contribution in [0.2, 0.25) is 0 Å². The van der Waals surface area contributed by atoms with E-state index in [1.807, 2.05) is 6.07 Å². The Morgan fingerprint density at radius 1 is 1.52 bits per heavy atom. The molecule has 0 aliphatic carbocycles. The Morgan fingerprint density at radius 3 is 3.04 bits per heavy atom. The molecule has 4 N–H and O–H groups in total. The number of likely N-dealkylation sites (tertiary alicyclic amines) is 1. The van der Waals surface area contributed by atoms with Crippen molar-refractivity contribution in [1.29, 1.82) is 0 Å². The largest absolute Gasteiger partial charge is 0.481 e. The molecule has 25 heavy (non-hydrogen) atoms. The number of amides is 1. The van der Waals surface area contributed by atoms with Crippen molar-refractivity contribution in [2.75, 3.05) is 26.7 Å². The summed E-state index contributed by atoms with van der Waals surface area (Å²) >= 11 is 0. The van der Waals surface area contributed by atoms with Gasteiger partial charge in [-0.1, -0.05) is 0 Å². The lowest BCUT2D eigenvalue weighted by atomic mass is 9.98. The number of nitrogens with zero attached hydrogens (tertiary/aromatic N) is 2. The Hall–Kier alpha value is -2.17. The quantitative estimate of drug-likeness (QED) is 0.696. The Morgan fingerprint density at radius 2 is 2.32 bits per heavy atom. The second-order valence-electron chi connectivity index (χ2n) is 6.13. The van der Waals surface area contributed by atoms with Gasteiger partial charge in [-0.15, -0.1) is 0 Å². The maximum absolute atomic E-state index is 12.7. The van der Waals surface area contributed by atoms with Gasteiger partial charge in [0.2, 0.25) is 5.88 Å². The molecular formula is C15H21N5O4S. The SMILES string of the molecule is COc1ccc2cc(C(=O)N3CCCC(CNS(N)(=O)=O)C3)[nH]c2n1. The van der Waals surface area contributed by atoms with E-state index < -0.39 is 10.2 Å². The predicted octanol–water partition coefficient (Wildman–Crippen LogP) is 0.217. The number of hydrogen-bond donors (Lipinski definition) is 3. The highest BCUT2D eigenvalue weighted by atomic mass is 32.2. The molecule has 1 unspecified atom stereocenters. The number of H-pyrrole nitrogens is 1. The third-order valence-electron chi connectivity index (χ3n) is 4.27. The van der Waals surface area contributed by atoms with E-state index in [0.717, 1.165) is 18.2 Å². The molecule has 0 aromatic carbocycles. The summed E-state index contributed by atoms with van der Waals surface area (Å²) in [6.07, 6.45) is 1.66. The minimum absolute atomic E-state index is 0.0404. The molecule has 1 aliphatic heterocycles. The van der Waals surface area contributed by atoms with Gasteiger partial charge in [0, 0.05) is 31.1 Å². The van der Waals surface area contributed by atoms with Gasteiger partial charge >= 0.3 is 0 Å². The van der Waals surface area contributed by atoms with Crippen LogP contribution in [0.15, 0.2) is 18.2 Å². The van der Waals surface area contributed by atoms with E-state index in [1.54, 1.807) is 17.0 Å². The monoisotopic (exact) mass is 367 g/mol. The molecular weight excluding hydrogens is 346 g/mol. The first kappa shape index (κ1) is 17.6. The van der Waals surface area contributed by atoms with Gasteiger partial charge in [-0.05, 0) is 30.9 Å². The third kappa shape index (κ3) is 4.27. The summed E-state index contributed by atoms with van der Waals surface area (Å²) in [7, 11) is -2.18. The molecule has 2 aromatic rings. The number of fused-ring (bicyclic) bond motifs is 1. The lowest BCUT2D eigenvalue weighted by Crippen LogP contribution is -2.44. The van der Waals surface area contributed by atoms with Crippen LogP contribution in [0.5, 0.6) is 5.88 Å². The first-order valence-electron chi connectivity index (χ1n) is 7.96. The molecule has 1 amide bonds. The van der Waals surface area contributed by atoms with Crippen molar-refractivity contribution in [3.63, 3.8) is 0 Å². The van der Waals surface area contributed by atoms with Crippen LogP contribution >= 0.6 is 0 Å². The van der Waals surface area contributed by atoms with Crippen molar-refractivity contribution in [2.24, 2.45) is 11.1 Å². The van der Waals surface area contributed by atoms with Crippen molar-refractivity contribution < 1.29 is 17.9 Å². The average Bonchev–Trinajstić information content (AvgIpc) is 3.02. The van der Waals surface area contributed by atoms with Gasteiger partial charge in [0.25, 0.3) is 16.1 Å². The number of piperidine rings is 1. The van der Waals surface area contributed by atoms with Gasteiger partial charge in [0.1, 0.15) is 11.3 Å². The molecule has 10 heteroatoms. The topological polar surface area (TPSA) is 130 Å². The molecule has 3 heterocycles. The summed E-state index contributed by atoms with van der Waals surface area (Å²) in [6, 6.07) is 5.33. The number of carbonyl (C=O) groups is 1. The Bertz CT molecular complexity index is 879. The second-order valence-corrected chi connectivity index (χ2v) is 7.51. The molecule has 1 atom stereocenters. The van der Waals surface area contributed by atoms with Crippen LogP contribution in [-0.2, 0) is 10.2 Å². The van der Waals surface area contributed by atoms with Crippen LogP contribution in [-0.4, -0.2) is 55.9 Å². The fourth-order valence-electron chi connectivity index (χ4n) is 3.04.